The molecule has 3 rings (SSSR count). The maximum Gasteiger partial charge on any atom is 0.229 e. The Kier molecular flexibility index (Phi) is 4.93. The number of nitrogens with zero attached hydrogens (tertiary/aromatic N) is 3. The molecule has 3 heterocycles. The molecule has 1 aliphatic heterocycles. The number of hydrogen-bond acceptors (Lipinski definition) is 4. The first-order valence-corrected chi connectivity index (χ1v) is 6.71. The van der Waals surface area contributed by atoms with E-state index in [2.05, 4.69) is 27.6 Å². The fourth-order valence-electron chi connectivity index (χ4n) is 2.40. The van der Waals surface area contributed by atoms with E-state index in [1.54, 1.807) is 17.1 Å². The third-order valence-corrected chi connectivity index (χ3v) is 3.61. The number of amides is 1. The Bertz CT molecular complexity index is 584. The van der Waals surface area contributed by atoms with Gasteiger partial charge < -0.3 is 10.6 Å². The third kappa shape index (κ3) is 3.40. The van der Waals surface area contributed by atoms with E-state index in [9.17, 15) is 4.79 Å². The van der Waals surface area contributed by atoms with E-state index in [0.717, 1.165) is 18.9 Å². The maximum absolute atomic E-state index is 12.1. The van der Waals surface area contributed by atoms with E-state index in [0.29, 0.717) is 11.6 Å². The normalized spacial score (nSPS) is 20.8. The van der Waals surface area contributed by atoms with Gasteiger partial charge >= 0.3 is 0 Å². The Balaban J connectivity index is 0.00000161. The fraction of sp³-hybridized carbons (Fsp3) is 0.357. The Morgan fingerprint density at radius 2 is 2.29 bits per heavy atom. The van der Waals surface area contributed by atoms with Gasteiger partial charge in [-0.05, 0) is 30.7 Å². The zero-order valence-electron chi connectivity index (χ0n) is 11.7. The van der Waals surface area contributed by atoms with Gasteiger partial charge in [-0.1, -0.05) is 6.92 Å². The molecule has 0 spiro atoms. The molecular weight excluding hydrogens is 290 g/mol. The molecular formula is C14H18ClN5O. The highest BCUT2D eigenvalue weighted by molar-refractivity contribution is 5.93. The minimum atomic E-state index is 0. The zero-order valence-corrected chi connectivity index (χ0v) is 12.5. The van der Waals surface area contributed by atoms with Gasteiger partial charge in [-0.25, -0.2) is 9.67 Å². The first-order chi connectivity index (χ1) is 9.74. The van der Waals surface area contributed by atoms with Crippen LogP contribution in [0.15, 0.2) is 36.8 Å². The van der Waals surface area contributed by atoms with Crippen LogP contribution >= 0.6 is 12.4 Å². The molecule has 2 aromatic heterocycles. The number of carbonyl (C=O) groups excluding carboxylic acids is 1. The van der Waals surface area contributed by atoms with Gasteiger partial charge in [0.15, 0.2) is 5.82 Å². The molecule has 1 fully saturated rings. The highest BCUT2D eigenvalue weighted by Gasteiger charge is 2.29. The average Bonchev–Trinajstić information content (AvgIpc) is 3.10. The Morgan fingerprint density at radius 1 is 1.43 bits per heavy atom. The van der Waals surface area contributed by atoms with Gasteiger partial charge in [-0.2, -0.15) is 5.10 Å². The van der Waals surface area contributed by atoms with Crippen LogP contribution in [0.25, 0.3) is 5.82 Å². The van der Waals surface area contributed by atoms with Crippen molar-refractivity contribution in [2.45, 2.75) is 6.92 Å². The Morgan fingerprint density at radius 3 is 2.86 bits per heavy atom. The van der Waals surface area contributed by atoms with Crippen molar-refractivity contribution in [3.05, 3.63) is 36.8 Å². The number of carbonyl (C=O) groups is 1. The van der Waals surface area contributed by atoms with Crippen LogP contribution in [0, 0.1) is 11.8 Å². The zero-order chi connectivity index (χ0) is 13.9. The SMILES string of the molecule is C[C@@H]1CNC[C@H]1C(=O)Nc1ccc(-n2cccn2)nc1.Cl. The van der Waals surface area contributed by atoms with Crippen LogP contribution in [0.1, 0.15) is 6.92 Å². The molecule has 2 atom stereocenters. The van der Waals surface area contributed by atoms with Crippen molar-refractivity contribution >= 4 is 24.0 Å². The summed E-state index contributed by atoms with van der Waals surface area (Å²) >= 11 is 0. The summed E-state index contributed by atoms with van der Waals surface area (Å²) in [6.07, 6.45) is 5.18. The lowest BCUT2D eigenvalue weighted by Gasteiger charge is -2.14. The summed E-state index contributed by atoms with van der Waals surface area (Å²) < 4.78 is 1.68. The molecule has 1 amide bonds. The second-order valence-corrected chi connectivity index (χ2v) is 5.09. The van der Waals surface area contributed by atoms with E-state index in [-0.39, 0.29) is 24.2 Å². The van der Waals surface area contributed by atoms with E-state index in [4.69, 9.17) is 0 Å². The second kappa shape index (κ2) is 6.69. The molecule has 2 N–H and O–H groups in total. The predicted molar refractivity (Wildman–Crippen MR) is 82.8 cm³/mol. The van der Waals surface area contributed by atoms with E-state index >= 15 is 0 Å². The van der Waals surface area contributed by atoms with E-state index < -0.39 is 0 Å². The second-order valence-electron chi connectivity index (χ2n) is 5.09. The first kappa shape index (κ1) is 15.5. The number of anilines is 1. The molecule has 1 saturated heterocycles. The summed E-state index contributed by atoms with van der Waals surface area (Å²) in [4.78, 5) is 16.4. The first-order valence-electron chi connectivity index (χ1n) is 6.71. The minimum absolute atomic E-state index is 0. The van der Waals surface area contributed by atoms with Crippen LogP contribution in [0.5, 0.6) is 0 Å². The van der Waals surface area contributed by atoms with Crippen molar-refractivity contribution in [1.82, 2.24) is 20.1 Å². The molecule has 0 bridgehead atoms. The Labute approximate surface area is 129 Å². The minimum Gasteiger partial charge on any atom is -0.324 e. The smallest absolute Gasteiger partial charge is 0.229 e. The summed E-state index contributed by atoms with van der Waals surface area (Å²) in [5.74, 6) is 1.17. The number of pyridine rings is 1. The summed E-state index contributed by atoms with van der Waals surface area (Å²) in [5.41, 5.74) is 0.713. The van der Waals surface area contributed by atoms with Gasteiger partial charge in [0, 0.05) is 18.9 Å². The summed E-state index contributed by atoms with van der Waals surface area (Å²) in [6.45, 7) is 3.73. The average molecular weight is 308 g/mol. The van der Waals surface area contributed by atoms with Crippen molar-refractivity contribution in [3.63, 3.8) is 0 Å². The van der Waals surface area contributed by atoms with Gasteiger partial charge in [0.25, 0.3) is 0 Å². The lowest BCUT2D eigenvalue weighted by Crippen LogP contribution is -2.27. The van der Waals surface area contributed by atoms with Crippen LogP contribution in [0.2, 0.25) is 0 Å². The fourth-order valence-corrected chi connectivity index (χ4v) is 2.40. The largest absolute Gasteiger partial charge is 0.324 e. The van der Waals surface area contributed by atoms with Crippen LogP contribution in [-0.2, 0) is 4.79 Å². The molecule has 112 valence electrons. The van der Waals surface area contributed by atoms with Gasteiger partial charge in [-0.3, -0.25) is 4.79 Å². The number of aromatic nitrogens is 3. The Hall–Kier alpha value is -1.92. The molecule has 0 aromatic carbocycles. The maximum atomic E-state index is 12.1. The number of rotatable bonds is 3. The molecule has 2 aromatic rings. The molecule has 0 aliphatic carbocycles. The lowest BCUT2D eigenvalue weighted by molar-refractivity contribution is -0.120. The monoisotopic (exact) mass is 307 g/mol. The molecule has 21 heavy (non-hydrogen) atoms. The van der Waals surface area contributed by atoms with Crippen LogP contribution in [0.4, 0.5) is 5.69 Å². The van der Waals surface area contributed by atoms with Crippen LogP contribution < -0.4 is 10.6 Å². The summed E-state index contributed by atoms with van der Waals surface area (Å²) in [7, 11) is 0. The van der Waals surface area contributed by atoms with Crippen molar-refractivity contribution in [3.8, 4) is 5.82 Å². The van der Waals surface area contributed by atoms with Gasteiger partial charge in [0.2, 0.25) is 5.91 Å². The molecule has 0 saturated carbocycles. The predicted octanol–water partition coefficient (Wildman–Crippen LogP) is 1.48. The molecule has 7 heteroatoms. The summed E-state index contributed by atoms with van der Waals surface area (Å²) in [6, 6.07) is 5.51. The highest BCUT2D eigenvalue weighted by Crippen LogP contribution is 2.18. The number of nitrogens with one attached hydrogen (secondary N) is 2. The highest BCUT2D eigenvalue weighted by atomic mass is 35.5. The molecule has 1 aliphatic rings. The molecule has 0 unspecified atom stereocenters. The number of hydrogen-bond donors (Lipinski definition) is 2. The lowest BCUT2D eigenvalue weighted by atomic mass is 9.97. The van der Waals surface area contributed by atoms with Crippen molar-refractivity contribution < 1.29 is 4.79 Å². The van der Waals surface area contributed by atoms with Crippen molar-refractivity contribution in [1.29, 1.82) is 0 Å². The van der Waals surface area contributed by atoms with Crippen molar-refractivity contribution in [2.24, 2.45) is 11.8 Å². The van der Waals surface area contributed by atoms with E-state index in [1.165, 1.54) is 0 Å². The summed E-state index contributed by atoms with van der Waals surface area (Å²) in [5, 5.41) is 10.3. The third-order valence-electron chi connectivity index (χ3n) is 3.61. The standard InChI is InChI=1S/C14H17N5O.ClH/c1-10-7-15-9-12(10)14(20)18-11-3-4-13(16-8-11)19-6-2-5-17-19;/h2-6,8,10,12,15H,7,9H2,1H3,(H,18,20);1H/t10-,12-;/m1./s1. The van der Waals surface area contributed by atoms with E-state index in [1.807, 2.05) is 24.4 Å². The van der Waals surface area contributed by atoms with Gasteiger partial charge in [0.1, 0.15) is 0 Å². The van der Waals surface area contributed by atoms with Gasteiger partial charge in [-0.15, -0.1) is 12.4 Å². The number of halogens is 1. The quantitative estimate of drug-likeness (QED) is 0.901. The molecule has 0 radical (unpaired) electrons. The van der Waals surface area contributed by atoms with Crippen LogP contribution in [0.3, 0.4) is 0 Å². The topological polar surface area (TPSA) is 71.8 Å². The van der Waals surface area contributed by atoms with Gasteiger partial charge in [0.05, 0.1) is 17.8 Å². The van der Waals surface area contributed by atoms with Crippen LogP contribution in [-0.4, -0.2) is 33.8 Å². The van der Waals surface area contributed by atoms with Crippen molar-refractivity contribution in [2.75, 3.05) is 18.4 Å². The molecule has 6 nitrogen and oxygen atoms in total.